The van der Waals surface area contributed by atoms with E-state index >= 15 is 0 Å². The van der Waals surface area contributed by atoms with Gasteiger partial charge in [0.15, 0.2) is 0 Å². The Balaban J connectivity index is 2.02. The number of hydrogen-bond donors (Lipinski definition) is 1. The lowest BCUT2D eigenvalue weighted by atomic mass is 10.1. The average Bonchev–Trinajstić information content (AvgIpc) is 2.47. The fourth-order valence-electron chi connectivity index (χ4n) is 2.41. The highest BCUT2D eigenvalue weighted by Crippen LogP contribution is 2.19. The van der Waals surface area contributed by atoms with E-state index < -0.39 is 10.0 Å². The summed E-state index contributed by atoms with van der Waals surface area (Å²) >= 11 is 4.88. The van der Waals surface area contributed by atoms with Crippen molar-refractivity contribution in [3.63, 3.8) is 0 Å². The van der Waals surface area contributed by atoms with Gasteiger partial charge in [-0.05, 0) is 18.4 Å². The first kappa shape index (κ1) is 16.4. The standard InChI is InChI=1S/C14H20N2O3S2/c1-19-13-6-8-16(9-7-13)21(17,18)10-11-2-4-12(5-3-11)14(15)20/h2-5,13H,6-10H2,1H3,(H2,15,20). The zero-order chi connectivity index (χ0) is 15.5. The van der Waals surface area contributed by atoms with Crippen LogP contribution in [0.3, 0.4) is 0 Å². The number of thiocarbonyl (C=S) groups is 1. The average molecular weight is 328 g/mol. The summed E-state index contributed by atoms with van der Waals surface area (Å²) in [6, 6.07) is 7.02. The van der Waals surface area contributed by atoms with Crippen molar-refractivity contribution in [2.75, 3.05) is 20.2 Å². The van der Waals surface area contributed by atoms with Crippen molar-refractivity contribution in [1.82, 2.24) is 4.31 Å². The fourth-order valence-corrected chi connectivity index (χ4v) is 4.11. The van der Waals surface area contributed by atoms with E-state index in [1.54, 1.807) is 35.7 Å². The molecule has 2 rings (SSSR count). The van der Waals surface area contributed by atoms with Crippen molar-refractivity contribution in [2.24, 2.45) is 5.73 Å². The van der Waals surface area contributed by atoms with E-state index in [-0.39, 0.29) is 11.9 Å². The van der Waals surface area contributed by atoms with Crippen LogP contribution in [-0.4, -0.2) is 44.0 Å². The molecule has 1 heterocycles. The van der Waals surface area contributed by atoms with Gasteiger partial charge in [-0.2, -0.15) is 0 Å². The second-order valence-corrected chi connectivity index (χ2v) is 7.56. The Kier molecular flexibility index (Phi) is 5.32. The van der Waals surface area contributed by atoms with Crippen LogP contribution >= 0.6 is 12.2 Å². The second kappa shape index (κ2) is 6.83. The van der Waals surface area contributed by atoms with Crippen LogP contribution in [-0.2, 0) is 20.5 Å². The number of nitrogens with zero attached hydrogens (tertiary/aromatic N) is 1. The molecule has 1 aliphatic heterocycles. The molecular formula is C14H20N2O3S2. The lowest BCUT2D eigenvalue weighted by molar-refractivity contribution is 0.0604. The Bertz CT molecular complexity index is 591. The maximum Gasteiger partial charge on any atom is 0.218 e. The van der Waals surface area contributed by atoms with Gasteiger partial charge in [-0.1, -0.05) is 36.5 Å². The van der Waals surface area contributed by atoms with E-state index in [0.717, 1.165) is 24.0 Å². The monoisotopic (exact) mass is 328 g/mol. The van der Waals surface area contributed by atoms with Gasteiger partial charge in [0.25, 0.3) is 0 Å². The topological polar surface area (TPSA) is 72.6 Å². The summed E-state index contributed by atoms with van der Waals surface area (Å²) in [6.07, 6.45) is 1.66. The molecule has 0 radical (unpaired) electrons. The van der Waals surface area contributed by atoms with Crippen molar-refractivity contribution >= 4 is 27.2 Å². The van der Waals surface area contributed by atoms with Crippen LogP contribution < -0.4 is 5.73 Å². The van der Waals surface area contributed by atoms with Crippen molar-refractivity contribution in [1.29, 1.82) is 0 Å². The van der Waals surface area contributed by atoms with Gasteiger partial charge in [0.1, 0.15) is 4.99 Å². The molecule has 0 aromatic heterocycles. The summed E-state index contributed by atoms with van der Waals surface area (Å²) in [5.41, 5.74) is 7.01. The van der Waals surface area contributed by atoms with Crippen molar-refractivity contribution < 1.29 is 13.2 Å². The van der Waals surface area contributed by atoms with Gasteiger partial charge >= 0.3 is 0 Å². The molecule has 2 N–H and O–H groups in total. The molecule has 5 nitrogen and oxygen atoms in total. The predicted molar refractivity (Wildman–Crippen MR) is 86.6 cm³/mol. The number of nitrogens with two attached hydrogens (primary N) is 1. The molecule has 1 aromatic rings. The molecule has 1 aliphatic rings. The first-order valence-electron chi connectivity index (χ1n) is 6.82. The lowest BCUT2D eigenvalue weighted by Gasteiger charge is -2.30. The van der Waals surface area contributed by atoms with Crippen LogP contribution in [0.2, 0.25) is 0 Å². The van der Waals surface area contributed by atoms with E-state index in [2.05, 4.69) is 0 Å². The first-order valence-corrected chi connectivity index (χ1v) is 8.83. The van der Waals surface area contributed by atoms with E-state index in [4.69, 9.17) is 22.7 Å². The third-order valence-corrected chi connectivity index (χ3v) is 5.80. The Hall–Kier alpha value is -1.02. The molecule has 0 atom stereocenters. The number of ether oxygens (including phenoxy) is 1. The SMILES string of the molecule is COC1CCN(S(=O)(=O)Cc2ccc(C(N)=S)cc2)CC1. The fraction of sp³-hybridized carbons (Fsp3) is 0.500. The van der Waals surface area contributed by atoms with Crippen molar-refractivity contribution in [3.05, 3.63) is 35.4 Å². The van der Waals surface area contributed by atoms with Gasteiger partial charge in [0.2, 0.25) is 10.0 Å². The highest BCUT2D eigenvalue weighted by molar-refractivity contribution is 7.88. The molecule has 0 spiro atoms. The minimum atomic E-state index is -3.29. The lowest BCUT2D eigenvalue weighted by Crippen LogP contribution is -2.41. The third-order valence-electron chi connectivity index (χ3n) is 3.72. The zero-order valence-electron chi connectivity index (χ0n) is 12.0. The smallest absolute Gasteiger partial charge is 0.218 e. The van der Waals surface area contributed by atoms with Crippen LogP contribution in [0.15, 0.2) is 24.3 Å². The number of sulfonamides is 1. The summed E-state index contributed by atoms with van der Waals surface area (Å²) in [5, 5.41) is 0. The Morgan fingerprint density at radius 1 is 1.33 bits per heavy atom. The molecule has 1 aromatic carbocycles. The molecule has 0 saturated carbocycles. The summed E-state index contributed by atoms with van der Waals surface area (Å²) in [7, 11) is -1.62. The summed E-state index contributed by atoms with van der Waals surface area (Å²) in [5.74, 6) is 0.00224. The van der Waals surface area contributed by atoms with E-state index in [1.165, 1.54) is 0 Å². The quantitative estimate of drug-likeness (QED) is 0.824. The maximum absolute atomic E-state index is 12.4. The van der Waals surface area contributed by atoms with E-state index in [0.29, 0.717) is 18.1 Å². The Labute approximate surface area is 131 Å². The number of methoxy groups -OCH3 is 1. The number of rotatable bonds is 5. The first-order chi connectivity index (χ1) is 9.92. The minimum Gasteiger partial charge on any atom is -0.389 e. The molecule has 21 heavy (non-hydrogen) atoms. The number of piperidine rings is 1. The Morgan fingerprint density at radius 2 is 1.90 bits per heavy atom. The minimum absolute atomic E-state index is 0.00224. The third kappa shape index (κ3) is 4.23. The highest BCUT2D eigenvalue weighted by Gasteiger charge is 2.27. The van der Waals surface area contributed by atoms with Crippen LogP contribution in [0.25, 0.3) is 0 Å². The predicted octanol–water partition coefficient (Wildman–Crippen LogP) is 1.26. The molecular weight excluding hydrogens is 308 g/mol. The Morgan fingerprint density at radius 3 is 2.38 bits per heavy atom. The summed E-state index contributed by atoms with van der Waals surface area (Å²) in [6.45, 7) is 1.04. The molecule has 116 valence electrons. The zero-order valence-corrected chi connectivity index (χ0v) is 13.6. The molecule has 0 bridgehead atoms. The largest absolute Gasteiger partial charge is 0.389 e. The molecule has 0 unspecified atom stereocenters. The van der Waals surface area contributed by atoms with Crippen molar-refractivity contribution in [2.45, 2.75) is 24.7 Å². The number of benzene rings is 1. The molecule has 7 heteroatoms. The molecule has 0 amide bonds. The van der Waals surface area contributed by atoms with E-state index in [1.807, 2.05) is 0 Å². The molecule has 1 fully saturated rings. The van der Waals surface area contributed by atoms with Gasteiger partial charge in [0, 0.05) is 25.8 Å². The van der Waals surface area contributed by atoms with Gasteiger partial charge in [-0.25, -0.2) is 12.7 Å². The van der Waals surface area contributed by atoms with Gasteiger partial charge in [-0.15, -0.1) is 0 Å². The van der Waals surface area contributed by atoms with Gasteiger partial charge in [-0.3, -0.25) is 0 Å². The summed E-state index contributed by atoms with van der Waals surface area (Å²) in [4.78, 5) is 0.311. The van der Waals surface area contributed by atoms with E-state index in [9.17, 15) is 8.42 Å². The summed E-state index contributed by atoms with van der Waals surface area (Å²) < 4.78 is 31.6. The van der Waals surface area contributed by atoms with Crippen molar-refractivity contribution in [3.8, 4) is 0 Å². The van der Waals surface area contributed by atoms with Gasteiger partial charge < -0.3 is 10.5 Å². The van der Waals surface area contributed by atoms with Gasteiger partial charge in [0.05, 0.1) is 11.9 Å². The van der Waals surface area contributed by atoms with Crippen LogP contribution in [0.5, 0.6) is 0 Å². The second-order valence-electron chi connectivity index (χ2n) is 5.15. The highest BCUT2D eigenvalue weighted by atomic mass is 32.2. The molecule has 0 aliphatic carbocycles. The van der Waals surface area contributed by atoms with Crippen LogP contribution in [0.4, 0.5) is 0 Å². The van der Waals surface area contributed by atoms with Crippen LogP contribution in [0.1, 0.15) is 24.0 Å². The number of hydrogen-bond acceptors (Lipinski definition) is 4. The maximum atomic E-state index is 12.4. The van der Waals surface area contributed by atoms with Crippen LogP contribution in [0, 0.1) is 0 Å². The molecule has 1 saturated heterocycles. The normalized spacial score (nSPS) is 17.8.